The van der Waals surface area contributed by atoms with Gasteiger partial charge in [-0.05, 0) is 12.8 Å². The highest BCUT2D eigenvalue weighted by atomic mass is 16.5. The van der Waals surface area contributed by atoms with E-state index in [9.17, 15) is 4.79 Å². The van der Waals surface area contributed by atoms with Crippen LogP contribution in [0, 0.1) is 0 Å². The highest BCUT2D eigenvalue weighted by Gasteiger charge is 2.43. The summed E-state index contributed by atoms with van der Waals surface area (Å²) in [7, 11) is 0. The number of carbonyl (C=O) groups is 1. The minimum Gasteiger partial charge on any atom is -0.379 e. The number of rotatable bonds is 4. The van der Waals surface area contributed by atoms with E-state index in [4.69, 9.17) is 10.5 Å². The fourth-order valence-electron chi connectivity index (χ4n) is 3.56. The molecule has 21 heavy (non-hydrogen) atoms. The van der Waals surface area contributed by atoms with Gasteiger partial charge in [0.2, 0.25) is 5.91 Å². The summed E-state index contributed by atoms with van der Waals surface area (Å²) in [6.07, 6.45) is 5.91. The average Bonchev–Trinajstić information content (AvgIpc) is 2.97. The van der Waals surface area contributed by atoms with Gasteiger partial charge in [-0.2, -0.15) is 5.10 Å². The lowest BCUT2D eigenvalue weighted by molar-refractivity contribution is -0.117. The third-order valence-corrected chi connectivity index (χ3v) is 4.59. The molecular weight excluding hydrogens is 270 g/mol. The van der Waals surface area contributed by atoms with Crippen molar-refractivity contribution in [1.82, 2.24) is 20.1 Å². The molecule has 1 saturated heterocycles. The highest BCUT2D eigenvalue weighted by molar-refractivity contribution is 5.75. The molecule has 1 amide bonds. The smallest absolute Gasteiger partial charge is 0.225 e. The summed E-state index contributed by atoms with van der Waals surface area (Å²) in [5.74, 6) is 0.998. The van der Waals surface area contributed by atoms with Gasteiger partial charge in [0.05, 0.1) is 25.2 Å². The first-order chi connectivity index (χ1) is 10.2. The number of aromatic amines is 1. The van der Waals surface area contributed by atoms with Crippen LogP contribution in [0.4, 0.5) is 0 Å². The van der Waals surface area contributed by atoms with Crippen LogP contribution in [0.3, 0.4) is 0 Å². The molecule has 116 valence electrons. The maximum atomic E-state index is 11.0. The fourth-order valence-corrected chi connectivity index (χ4v) is 3.56. The first kappa shape index (κ1) is 14.5. The maximum absolute atomic E-state index is 11.0. The van der Waals surface area contributed by atoms with Crippen LogP contribution in [-0.2, 0) is 21.5 Å². The van der Waals surface area contributed by atoms with Crippen molar-refractivity contribution in [2.24, 2.45) is 5.73 Å². The number of carbonyl (C=O) groups excluding carboxylic acids is 1. The van der Waals surface area contributed by atoms with Gasteiger partial charge in [0.15, 0.2) is 5.82 Å². The predicted octanol–water partition coefficient (Wildman–Crippen LogP) is 0.324. The van der Waals surface area contributed by atoms with E-state index in [0.717, 1.165) is 45.0 Å². The normalized spacial score (nSPS) is 23.0. The van der Waals surface area contributed by atoms with Gasteiger partial charge < -0.3 is 10.5 Å². The Balaban J connectivity index is 1.87. The molecule has 7 nitrogen and oxygen atoms in total. The number of ether oxygens (including phenoxy) is 1. The lowest BCUT2D eigenvalue weighted by Gasteiger charge is -2.46. The Hall–Kier alpha value is -1.47. The summed E-state index contributed by atoms with van der Waals surface area (Å²) >= 11 is 0. The second-order valence-corrected chi connectivity index (χ2v) is 5.94. The topological polar surface area (TPSA) is 97.1 Å². The number of hydrogen-bond donors (Lipinski definition) is 2. The van der Waals surface area contributed by atoms with Crippen molar-refractivity contribution in [3.8, 4) is 0 Å². The second-order valence-electron chi connectivity index (χ2n) is 5.94. The van der Waals surface area contributed by atoms with E-state index in [2.05, 4.69) is 20.1 Å². The monoisotopic (exact) mass is 293 g/mol. The van der Waals surface area contributed by atoms with Gasteiger partial charge >= 0.3 is 0 Å². The van der Waals surface area contributed by atoms with Crippen LogP contribution in [0.5, 0.6) is 0 Å². The zero-order valence-electron chi connectivity index (χ0n) is 12.3. The van der Waals surface area contributed by atoms with Crippen LogP contribution in [0.25, 0.3) is 0 Å². The molecule has 1 aromatic rings. The molecule has 7 heteroatoms. The number of morpholine rings is 1. The number of nitrogens with one attached hydrogen (secondary N) is 1. The van der Waals surface area contributed by atoms with Gasteiger partial charge in [0, 0.05) is 13.1 Å². The lowest BCUT2D eigenvalue weighted by Crippen LogP contribution is -2.53. The molecule has 3 N–H and O–H groups in total. The first-order valence-corrected chi connectivity index (χ1v) is 7.73. The minimum atomic E-state index is -0.387. The van der Waals surface area contributed by atoms with Gasteiger partial charge in [-0.15, -0.1) is 0 Å². The Kier molecular flexibility index (Phi) is 4.21. The molecule has 1 saturated carbocycles. The minimum absolute atomic E-state index is 0.103. The zero-order chi connectivity index (χ0) is 14.7. The van der Waals surface area contributed by atoms with Crippen LogP contribution >= 0.6 is 0 Å². The molecule has 0 radical (unpaired) electrons. The van der Waals surface area contributed by atoms with E-state index >= 15 is 0 Å². The van der Waals surface area contributed by atoms with E-state index < -0.39 is 0 Å². The Morgan fingerprint density at radius 3 is 2.67 bits per heavy atom. The van der Waals surface area contributed by atoms with E-state index in [1.807, 2.05) is 0 Å². The molecule has 0 spiro atoms. The Morgan fingerprint density at radius 2 is 2.00 bits per heavy atom. The van der Waals surface area contributed by atoms with Gasteiger partial charge in [-0.3, -0.25) is 14.8 Å². The van der Waals surface area contributed by atoms with Crippen molar-refractivity contribution in [1.29, 1.82) is 0 Å². The van der Waals surface area contributed by atoms with E-state index in [0.29, 0.717) is 5.82 Å². The third-order valence-electron chi connectivity index (χ3n) is 4.59. The molecule has 1 aromatic heterocycles. The van der Waals surface area contributed by atoms with Crippen molar-refractivity contribution < 1.29 is 9.53 Å². The van der Waals surface area contributed by atoms with Crippen LogP contribution in [0.1, 0.15) is 43.8 Å². The molecule has 0 aromatic carbocycles. The summed E-state index contributed by atoms with van der Waals surface area (Å²) in [5.41, 5.74) is 5.13. The summed E-state index contributed by atoms with van der Waals surface area (Å²) in [6, 6.07) is 0. The molecule has 1 aliphatic carbocycles. The second kappa shape index (κ2) is 6.11. The average molecular weight is 293 g/mol. The molecule has 0 bridgehead atoms. The number of hydrogen-bond acceptors (Lipinski definition) is 5. The molecule has 2 fully saturated rings. The van der Waals surface area contributed by atoms with Crippen molar-refractivity contribution in [2.75, 3.05) is 26.3 Å². The van der Waals surface area contributed by atoms with Gasteiger partial charge in [0.25, 0.3) is 0 Å². The Bertz CT molecular complexity index is 489. The zero-order valence-corrected chi connectivity index (χ0v) is 12.3. The van der Waals surface area contributed by atoms with Gasteiger partial charge in [0.1, 0.15) is 5.82 Å². The number of aromatic nitrogens is 3. The van der Waals surface area contributed by atoms with Crippen LogP contribution in [0.15, 0.2) is 0 Å². The summed E-state index contributed by atoms with van der Waals surface area (Å²) < 4.78 is 5.48. The third kappa shape index (κ3) is 2.94. The van der Waals surface area contributed by atoms with Crippen LogP contribution in [-0.4, -0.2) is 52.3 Å². The fraction of sp³-hybridized carbons (Fsp3) is 0.786. The predicted molar refractivity (Wildman–Crippen MR) is 76.4 cm³/mol. The van der Waals surface area contributed by atoms with E-state index in [1.165, 1.54) is 19.3 Å². The Morgan fingerprint density at radius 1 is 1.29 bits per heavy atom. The van der Waals surface area contributed by atoms with Crippen LogP contribution < -0.4 is 5.73 Å². The molecular formula is C14H23N5O2. The number of nitrogens with zero attached hydrogens (tertiary/aromatic N) is 3. The number of primary amides is 1. The van der Waals surface area contributed by atoms with E-state index in [-0.39, 0.29) is 17.9 Å². The first-order valence-electron chi connectivity index (χ1n) is 7.73. The lowest BCUT2D eigenvalue weighted by atomic mass is 9.79. The highest BCUT2D eigenvalue weighted by Crippen LogP contribution is 2.41. The molecule has 0 atom stereocenters. The molecule has 3 rings (SSSR count). The van der Waals surface area contributed by atoms with Crippen LogP contribution in [0.2, 0.25) is 0 Å². The van der Waals surface area contributed by atoms with Gasteiger partial charge in [-0.25, -0.2) is 4.98 Å². The largest absolute Gasteiger partial charge is 0.379 e. The van der Waals surface area contributed by atoms with Crippen molar-refractivity contribution in [3.05, 3.63) is 11.6 Å². The maximum Gasteiger partial charge on any atom is 0.225 e. The molecule has 1 aliphatic heterocycles. The molecule has 0 unspecified atom stereocenters. The summed E-state index contributed by atoms with van der Waals surface area (Å²) in [4.78, 5) is 18.1. The SMILES string of the molecule is NC(=O)Cc1nc(C2(N3CCOCC3)CCCCC2)n[nH]1. The summed E-state index contributed by atoms with van der Waals surface area (Å²) in [5, 5.41) is 7.29. The molecule has 2 aliphatic rings. The molecule has 2 heterocycles. The van der Waals surface area contributed by atoms with Crippen molar-refractivity contribution in [2.45, 2.75) is 44.1 Å². The van der Waals surface area contributed by atoms with Gasteiger partial charge in [-0.1, -0.05) is 19.3 Å². The number of amides is 1. The Labute approximate surface area is 124 Å². The quantitative estimate of drug-likeness (QED) is 0.833. The summed E-state index contributed by atoms with van der Waals surface area (Å²) in [6.45, 7) is 3.36. The van der Waals surface area contributed by atoms with Crippen molar-refractivity contribution in [3.63, 3.8) is 0 Å². The number of H-pyrrole nitrogens is 1. The standard InChI is InChI=1S/C14H23N5O2/c15-11(20)10-12-16-13(18-17-12)14(4-2-1-3-5-14)19-6-8-21-9-7-19/h1-10H2,(H2,15,20)(H,16,17,18). The van der Waals surface area contributed by atoms with E-state index in [1.54, 1.807) is 0 Å². The van der Waals surface area contributed by atoms with Crippen molar-refractivity contribution >= 4 is 5.91 Å². The number of nitrogens with two attached hydrogens (primary N) is 1.